The molecule has 1 aliphatic rings. The van der Waals surface area contributed by atoms with Gasteiger partial charge >= 0.3 is 0 Å². The van der Waals surface area contributed by atoms with Gasteiger partial charge in [0, 0.05) is 24.4 Å². The van der Waals surface area contributed by atoms with Gasteiger partial charge in [-0.1, -0.05) is 0 Å². The normalized spacial score (nSPS) is 18.9. The van der Waals surface area contributed by atoms with Crippen LogP contribution in [0.3, 0.4) is 0 Å². The summed E-state index contributed by atoms with van der Waals surface area (Å²) in [5, 5.41) is 22.8. The monoisotopic (exact) mass is 247 g/mol. The highest BCUT2D eigenvalue weighted by Crippen LogP contribution is 2.24. The minimum Gasteiger partial charge on any atom is -0.380 e. The second kappa shape index (κ2) is 5.47. The smallest absolute Gasteiger partial charge is 0.289 e. The number of rotatable bonds is 3. The van der Waals surface area contributed by atoms with Crippen LogP contribution in [0.15, 0.2) is 18.2 Å². The molecule has 1 N–H and O–H groups in total. The lowest BCUT2D eigenvalue weighted by Crippen LogP contribution is -2.29. The minimum absolute atomic E-state index is 0.0745. The average molecular weight is 247 g/mol. The Hall–Kier alpha value is -2.13. The van der Waals surface area contributed by atoms with Crippen molar-refractivity contribution in [3.8, 4) is 6.07 Å². The van der Waals surface area contributed by atoms with E-state index < -0.39 is 4.92 Å². The maximum absolute atomic E-state index is 10.8. The molecular weight excluding hydrogens is 234 g/mol. The van der Waals surface area contributed by atoms with Gasteiger partial charge in [-0.3, -0.25) is 10.1 Å². The van der Waals surface area contributed by atoms with Gasteiger partial charge < -0.3 is 10.1 Å². The summed E-state index contributed by atoms with van der Waals surface area (Å²) < 4.78 is 5.33. The first-order valence-corrected chi connectivity index (χ1v) is 5.73. The molecule has 6 heteroatoms. The van der Waals surface area contributed by atoms with Crippen molar-refractivity contribution in [2.24, 2.45) is 0 Å². The summed E-state index contributed by atoms with van der Waals surface area (Å²) in [6.07, 6.45) is 1.96. The van der Waals surface area contributed by atoms with Crippen molar-refractivity contribution in [2.45, 2.75) is 18.9 Å². The lowest BCUT2D eigenvalue weighted by Gasteiger charge is -2.24. The number of nitro groups is 1. The number of anilines is 1. The molecule has 18 heavy (non-hydrogen) atoms. The van der Waals surface area contributed by atoms with Crippen LogP contribution in [0.4, 0.5) is 11.4 Å². The highest BCUT2D eigenvalue weighted by molar-refractivity contribution is 5.59. The molecule has 1 saturated heterocycles. The van der Waals surface area contributed by atoms with Crippen molar-refractivity contribution in [1.29, 1.82) is 5.26 Å². The van der Waals surface area contributed by atoms with Gasteiger partial charge in [-0.25, -0.2) is 0 Å². The van der Waals surface area contributed by atoms with Gasteiger partial charge in [-0.15, -0.1) is 0 Å². The topological polar surface area (TPSA) is 88.2 Å². The third-order valence-electron chi connectivity index (χ3n) is 2.85. The van der Waals surface area contributed by atoms with Gasteiger partial charge in [0.2, 0.25) is 0 Å². The summed E-state index contributed by atoms with van der Waals surface area (Å²) in [7, 11) is 0. The molecule has 1 aromatic rings. The van der Waals surface area contributed by atoms with Crippen molar-refractivity contribution >= 4 is 11.4 Å². The maximum atomic E-state index is 10.8. The second-order valence-corrected chi connectivity index (χ2v) is 4.16. The molecule has 2 rings (SSSR count). The molecule has 6 nitrogen and oxygen atoms in total. The van der Waals surface area contributed by atoms with E-state index in [2.05, 4.69) is 5.32 Å². The van der Waals surface area contributed by atoms with Crippen LogP contribution >= 0.6 is 0 Å². The summed E-state index contributed by atoms with van der Waals surface area (Å²) in [4.78, 5) is 10.3. The Morgan fingerprint density at radius 3 is 3.00 bits per heavy atom. The standard InChI is InChI=1S/C12H13N3O3/c13-7-9-3-4-10(6-12(9)15(16)17)14-11-2-1-5-18-8-11/h3-4,6,11,14H,1-2,5,8H2. The highest BCUT2D eigenvalue weighted by Gasteiger charge is 2.17. The van der Waals surface area contributed by atoms with Crippen LogP contribution in [0.5, 0.6) is 0 Å². The van der Waals surface area contributed by atoms with Crippen LogP contribution in [0.25, 0.3) is 0 Å². The number of nitrogens with zero attached hydrogens (tertiary/aromatic N) is 2. The first-order chi connectivity index (χ1) is 8.70. The van der Waals surface area contributed by atoms with Gasteiger partial charge in [-0.05, 0) is 25.0 Å². The van der Waals surface area contributed by atoms with Crippen LogP contribution in [0, 0.1) is 21.4 Å². The van der Waals surface area contributed by atoms with Crippen LogP contribution in [0.2, 0.25) is 0 Å². The van der Waals surface area contributed by atoms with Crippen molar-refractivity contribution in [2.75, 3.05) is 18.5 Å². The van der Waals surface area contributed by atoms with Crippen LogP contribution in [0.1, 0.15) is 18.4 Å². The quantitative estimate of drug-likeness (QED) is 0.652. The Bertz CT molecular complexity index is 490. The van der Waals surface area contributed by atoms with Crippen LogP contribution in [-0.4, -0.2) is 24.2 Å². The third-order valence-corrected chi connectivity index (χ3v) is 2.85. The first kappa shape index (κ1) is 12.3. The number of nitro benzene ring substituents is 1. The van der Waals surface area contributed by atoms with Gasteiger partial charge in [0.05, 0.1) is 11.5 Å². The zero-order chi connectivity index (χ0) is 13.0. The Balaban J connectivity index is 2.16. The Labute approximate surface area is 104 Å². The number of nitriles is 1. The molecule has 94 valence electrons. The predicted octanol–water partition coefficient (Wildman–Crippen LogP) is 2.06. The largest absolute Gasteiger partial charge is 0.380 e. The van der Waals surface area contributed by atoms with Crippen molar-refractivity contribution < 1.29 is 9.66 Å². The molecular formula is C12H13N3O3. The van der Waals surface area contributed by atoms with Gasteiger partial charge in [-0.2, -0.15) is 5.26 Å². The lowest BCUT2D eigenvalue weighted by molar-refractivity contribution is -0.385. The predicted molar refractivity (Wildman–Crippen MR) is 65.3 cm³/mol. The fourth-order valence-electron chi connectivity index (χ4n) is 1.96. The molecule has 0 spiro atoms. The number of ether oxygens (including phenoxy) is 1. The fraction of sp³-hybridized carbons (Fsp3) is 0.417. The van der Waals surface area contributed by atoms with Crippen LogP contribution in [-0.2, 0) is 4.74 Å². The molecule has 1 fully saturated rings. The maximum Gasteiger partial charge on any atom is 0.289 e. The van der Waals surface area contributed by atoms with E-state index in [1.54, 1.807) is 6.07 Å². The summed E-state index contributed by atoms with van der Waals surface area (Å²) >= 11 is 0. The van der Waals surface area contributed by atoms with Gasteiger partial charge in [0.15, 0.2) is 0 Å². The Morgan fingerprint density at radius 1 is 1.56 bits per heavy atom. The molecule has 1 atom stereocenters. The van der Waals surface area contributed by atoms with E-state index in [1.807, 2.05) is 6.07 Å². The lowest BCUT2D eigenvalue weighted by atomic mass is 10.1. The Kier molecular flexibility index (Phi) is 3.75. The van der Waals surface area contributed by atoms with Crippen molar-refractivity contribution in [1.82, 2.24) is 0 Å². The zero-order valence-electron chi connectivity index (χ0n) is 9.76. The first-order valence-electron chi connectivity index (χ1n) is 5.73. The Morgan fingerprint density at radius 2 is 2.39 bits per heavy atom. The van der Waals surface area contributed by atoms with Crippen molar-refractivity contribution in [3.05, 3.63) is 33.9 Å². The van der Waals surface area contributed by atoms with E-state index in [0.717, 1.165) is 19.4 Å². The van der Waals surface area contributed by atoms with E-state index in [1.165, 1.54) is 12.1 Å². The second-order valence-electron chi connectivity index (χ2n) is 4.16. The average Bonchev–Trinajstić information content (AvgIpc) is 2.40. The number of nitrogens with one attached hydrogen (secondary N) is 1. The molecule has 0 aliphatic carbocycles. The third kappa shape index (κ3) is 2.76. The van der Waals surface area contributed by atoms with Crippen molar-refractivity contribution in [3.63, 3.8) is 0 Å². The number of hydrogen-bond donors (Lipinski definition) is 1. The summed E-state index contributed by atoms with van der Waals surface area (Å²) in [6.45, 7) is 1.37. The van der Waals surface area contributed by atoms with Gasteiger partial charge in [0.1, 0.15) is 11.6 Å². The van der Waals surface area contributed by atoms with E-state index in [4.69, 9.17) is 10.00 Å². The number of hydrogen-bond acceptors (Lipinski definition) is 5. The molecule has 0 radical (unpaired) electrons. The van der Waals surface area contributed by atoms with Gasteiger partial charge in [0.25, 0.3) is 5.69 Å². The van der Waals surface area contributed by atoms with Crippen LogP contribution < -0.4 is 5.32 Å². The highest BCUT2D eigenvalue weighted by atomic mass is 16.6. The van der Waals surface area contributed by atoms with E-state index in [9.17, 15) is 10.1 Å². The van der Waals surface area contributed by atoms with E-state index in [0.29, 0.717) is 12.3 Å². The molecule has 0 amide bonds. The molecule has 1 aromatic carbocycles. The molecule has 1 unspecified atom stereocenters. The molecule has 1 aliphatic heterocycles. The summed E-state index contributed by atoms with van der Waals surface area (Å²) in [6, 6.07) is 6.53. The molecule has 1 heterocycles. The summed E-state index contributed by atoms with van der Waals surface area (Å²) in [5.74, 6) is 0. The fourth-order valence-corrected chi connectivity index (χ4v) is 1.96. The summed E-state index contributed by atoms with van der Waals surface area (Å²) in [5.41, 5.74) is 0.556. The molecule has 0 aromatic heterocycles. The zero-order valence-corrected chi connectivity index (χ0v) is 9.76. The minimum atomic E-state index is -0.541. The number of benzene rings is 1. The van der Waals surface area contributed by atoms with E-state index in [-0.39, 0.29) is 17.3 Å². The van der Waals surface area contributed by atoms with E-state index >= 15 is 0 Å². The SMILES string of the molecule is N#Cc1ccc(NC2CCCOC2)cc1[N+](=O)[O-]. The molecule has 0 bridgehead atoms. The molecule has 0 saturated carbocycles.